The Morgan fingerprint density at radius 1 is 1.39 bits per heavy atom. The summed E-state index contributed by atoms with van der Waals surface area (Å²) in [6.07, 6.45) is 0. The van der Waals surface area contributed by atoms with Crippen LogP contribution in [0.25, 0.3) is 0 Å². The van der Waals surface area contributed by atoms with E-state index in [-0.39, 0.29) is 11.9 Å². The maximum Gasteiger partial charge on any atom is 0.251 e. The van der Waals surface area contributed by atoms with Crippen LogP contribution < -0.4 is 11.1 Å². The van der Waals surface area contributed by atoms with Crippen LogP contribution in [0.1, 0.15) is 34.5 Å². The molecule has 0 aliphatic heterocycles. The Morgan fingerprint density at radius 2 is 2.17 bits per heavy atom. The Morgan fingerprint density at radius 3 is 2.78 bits per heavy atom. The van der Waals surface area contributed by atoms with Gasteiger partial charge in [-0.15, -0.1) is 0 Å². The first kappa shape index (κ1) is 12.6. The maximum absolute atomic E-state index is 12.1. The highest BCUT2D eigenvalue weighted by molar-refractivity contribution is 7.07. The third kappa shape index (κ3) is 2.71. The Kier molecular flexibility index (Phi) is 3.67. The van der Waals surface area contributed by atoms with E-state index in [2.05, 4.69) is 5.32 Å². The number of nitrogens with one attached hydrogen (secondary N) is 1. The average molecular weight is 260 g/mol. The van der Waals surface area contributed by atoms with Gasteiger partial charge in [0.1, 0.15) is 0 Å². The minimum atomic E-state index is -0.0969. The third-order valence-corrected chi connectivity index (χ3v) is 3.63. The zero-order chi connectivity index (χ0) is 13.1. The van der Waals surface area contributed by atoms with Gasteiger partial charge in [0.05, 0.1) is 6.04 Å². The molecule has 94 valence electrons. The molecule has 1 amide bonds. The lowest BCUT2D eigenvalue weighted by Crippen LogP contribution is -2.26. The van der Waals surface area contributed by atoms with Crippen LogP contribution in [0.2, 0.25) is 0 Å². The summed E-state index contributed by atoms with van der Waals surface area (Å²) >= 11 is 1.62. The van der Waals surface area contributed by atoms with Crippen LogP contribution in [-0.2, 0) is 0 Å². The van der Waals surface area contributed by atoms with Crippen molar-refractivity contribution >= 4 is 22.9 Å². The molecule has 2 rings (SSSR count). The minimum absolute atomic E-state index is 0.00581. The quantitative estimate of drug-likeness (QED) is 0.833. The first-order chi connectivity index (χ1) is 8.58. The summed E-state index contributed by atoms with van der Waals surface area (Å²) in [5.41, 5.74) is 9.15. The van der Waals surface area contributed by atoms with E-state index in [0.717, 1.165) is 11.1 Å². The Labute approximate surface area is 111 Å². The summed E-state index contributed by atoms with van der Waals surface area (Å²) < 4.78 is 0. The first-order valence-corrected chi connectivity index (χ1v) is 6.71. The van der Waals surface area contributed by atoms with Crippen molar-refractivity contribution in [2.75, 3.05) is 5.73 Å². The van der Waals surface area contributed by atoms with Gasteiger partial charge in [-0.3, -0.25) is 4.79 Å². The van der Waals surface area contributed by atoms with E-state index in [1.165, 1.54) is 0 Å². The molecule has 2 aromatic rings. The van der Waals surface area contributed by atoms with E-state index in [1.54, 1.807) is 23.5 Å². The van der Waals surface area contributed by atoms with Crippen molar-refractivity contribution in [2.24, 2.45) is 0 Å². The Bertz CT molecular complexity index is 549. The van der Waals surface area contributed by atoms with E-state index >= 15 is 0 Å². The van der Waals surface area contributed by atoms with Gasteiger partial charge in [0.15, 0.2) is 0 Å². The molecule has 0 fully saturated rings. The second-order valence-corrected chi connectivity index (χ2v) is 5.10. The number of amides is 1. The number of carbonyl (C=O) groups is 1. The molecule has 0 bridgehead atoms. The molecular weight excluding hydrogens is 244 g/mol. The summed E-state index contributed by atoms with van der Waals surface area (Å²) in [5, 5.41) is 7.00. The van der Waals surface area contributed by atoms with Crippen molar-refractivity contribution in [2.45, 2.75) is 19.9 Å². The van der Waals surface area contributed by atoms with Crippen LogP contribution in [0.4, 0.5) is 5.69 Å². The number of nitrogen functional groups attached to an aromatic ring is 1. The second kappa shape index (κ2) is 5.23. The van der Waals surface area contributed by atoms with Gasteiger partial charge in [0.25, 0.3) is 5.91 Å². The van der Waals surface area contributed by atoms with Gasteiger partial charge in [-0.2, -0.15) is 11.3 Å². The zero-order valence-electron chi connectivity index (χ0n) is 10.4. The van der Waals surface area contributed by atoms with Crippen LogP contribution in [0, 0.1) is 6.92 Å². The number of benzene rings is 1. The fraction of sp³-hybridized carbons (Fsp3) is 0.214. The van der Waals surface area contributed by atoms with Crippen LogP contribution in [-0.4, -0.2) is 5.91 Å². The lowest BCUT2D eigenvalue weighted by atomic mass is 10.1. The monoisotopic (exact) mass is 260 g/mol. The minimum Gasteiger partial charge on any atom is -0.398 e. The van der Waals surface area contributed by atoms with Crippen LogP contribution in [0.5, 0.6) is 0 Å². The maximum atomic E-state index is 12.1. The highest BCUT2D eigenvalue weighted by Crippen LogP contribution is 2.17. The van der Waals surface area contributed by atoms with Gasteiger partial charge in [-0.1, -0.05) is 6.07 Å². The molecule has 0 aliphatic carbocycles. The van der Waals surface area contributed by atoms with Gasteiger partial charge in [0, 0.05) is 11.3 Å². The van der Waals surface area contributed by atoms with Crippen LogP contribution >= 0.6 is 11.3 Å². The molecule has 1 heterocycles. The molecule has 0 radical (unpaired) electrons. The van der Waals surface area contributed by atoms with Gasteiger partial charge < -0.3 is 11.1 Å². The van der Waals surface area contributed by atoms with Crippen molar-refractivity contribution in [1.29, 1.82) is 0 Å². The van der Waals surface area contributed by atoms with Gasteiger partial charge in [-0.05, 0) is 53.9 Å². The smallest absolute Gasteiger partial charge is 0.251 e. The number of hydrogen-bond acceptors (Lipinski definition) is 3. The Hall–Kier alpha value is -1.81. The lowest BCUT2D eigenvalue weighted by molar-refractivity contribution is 0.0940. The van der Waals surface area contributed by atoms with Gasteiger partial charge in [-0.25, -0.2) is 0 Å². The lowest BCUT2D eigenvalue weighted by Gasteiger charge is -2.13. The van der Waals surface area contributed by atoms with Crippen molar-refractivity contribution in [1.82, 2.24) is 5.32 Å². The summed E-state index contributed by atoms with van der Waals surface area (Å²) in [6, 6.07) is 7.39. The molecule has 4 heteroatoms. The highest BCUT2D eigenvalue weighted by atomic mass is 32.1. The average Bonchev–Trinajstić information content (AvgIpc) is 2.86. The number of anilines is 1. The fourth-order valence-corrected chi connectivity index (χ4v) is 2.42. The standard InChI is InChI=1S/C14H16N2OS/c1-9-3-4-11(7-13(9)15)14(17)16-10(2)12-5-6-18-8-12/h3-8,10H,15H2,1-2H3,(H,16,17). The predicted octanol–water partition coefficient (Wildman–Crippen LogP) is 3.13. The van der Waals surface area contributed by atoms with Crippen LogP contribution in [0.15, 0.2) is 35.0 Å². The highest BCUT2D eigenvalue weighted by Gasteiger charge is 2.12. The molecular formula is C14H16N2OS. The predicted molar refractivity (Wildman–Crippen MR) is 75.8 cm³/mol. The van der Waals surface area contributed by atoms with E-state index in [0.29, 0.717) is 11.3 Å². The largest absolute Gasteiger partial charge is 0.398 e. The van der Waals surface area contributed by atoms with Gasteiger partial charge in [0.2, 0.25) is 0 Å². The van der Waals surface area contributed by atoms with E-state index in [9.17, 15) is 4.79 Å². The number of rotatable bonds is 3. The molecule has 1 aromatic carbocycles. The number of thiophene rings is 1. The number of hydrogen-bond donors (Lipinski definition) is 2. The molecule has 1 aromatic heterocycles. The molecule has 0 saturated heterocycles. The Balaban J connectivity index is 2.10. The molecule has 1 atom stereocenters. The molecule has 0 spiro atoms. The summed E-state index contributed by atoms with van der Waals surface area (Å²) in [6.45, 7) is 3.89. The van der Waals surface area contributed by atoms with Crippen molar-refractivity contribution in [3.8, 4) is 0 Å². The number of carbonyl (C=O) groups excluding carboxylic acids is 1. The molecule has 3 N–H and O–H groups in total. The number of nitrogens with two attached hydrogens (primary N) is 1. The zero-order valence-corrected chi connectivity index (χ0v) is 11.3. The van der Waals surface area contributed by atoms with Crippen LogP contribution in [0.3, 0.4) is 0 Å². The van der Waals surface area contributed by atoms with Gasteiger partial charge >= 0.3 is 0 Å². The summed E-state index contributed by atoms with van der Waals surface area (Å²) in [4.78, 5) is 12.1. The van der Waals surface area contributed by atoms with E-state index in [4.69, 9.17) is 5.73 Å². The summed E-state index contributed by atoms with van der Waals surface area (Å²) in [7, 11) is 0. The van der Waals surface area contributed by atoms with Crippen molar-refractivity contribution in [3.05, 3.63) is 51.7 Å². The second-order valence-electron chi connectivity index (χ2n) is 4.32. The molecule has 0 aliphatic rings. The van der Waals surface area contributed by atoms with Crippen molar-refractivity contribution < 1.29 is 4.79 Å². The molecule has 0 saturated carbocycles. The molecule has 18 heavy (non-hydrogen) atoms. The fourth-order valence-electron chi connectivity index (χ4n) is 1.67. The van der Waals surface area contributed by atoms with E-state index < -0.39 is 0 Å². The SMILES string of the molecule is Cc1ccc(C(=O)NC(C)c2ccsc2)cc1N. The normalized spacial score (nSPS) is 12.1. The first-order valence-electron chi connectivity index (χ1n) is 5.77. The number of aryl methyl sites for hydroxylation is 1. The van der Waals surface area contributed by atoms with Crippen molar-refractivity contribution in [3.63, 3.8) is 0 Å². The molecule has 1 unspecified atom stereocenters. The van der Waals surface area contributed by atoms with E-state index in [1.807, 2.05) is 36.7 Å². The molecule has 3 nitrogen and oxygen atoms in total. The topological polar surface area (TPSA) is 55.1 Å². The third-order valence-electron chi connectivity index (χ3n) is 2.93. The summed E-state index contributed by atoms with van der Waals surface area (Å²) in [5.74, 6) is -0.0969.